The fourth-order valence-corrected chi connectivity index (χ4v) is 5.09. The minimum atomic E-state index is 0.370. The van der Waals surface area contributed by atoms with Crippen molar-refractivity contribution in [2.75, 3.05) is 26.0 Å². The highest BCUT2D eigenvalue weighted by Gasteiger charge is 2.28. The third kappa shape index (κ3) is 6.01. The highest BCUT2D eigenvalue weighted by atomic mass is 35.5. The van der Waals surface area contributed by atoms with Crippen molar-refractivity contribution >= 4 is 23.5 Å². The molecule has 1 saturated heterocycles. The van der Waals surface area contributed by atoms with E-state index in [0.29, 0.717) is 30.7 Å². The molecule has 1 aromatic rings. The predicted octanol–water partition coefficient (Wildman–Crippen LogP) is 4.77. The van der Waals surface area contributed by atoms with Crippen molar-refractivity contribution in [2.45, 2.75) is 69.6 Å². The van der Waals surface area contributed by atoms with Gasteiger partial charge in [-0.05, 0) is 87.9 Å². The molecule has 0 spiro atoms. The van der Waals surface area contributed by atoms with Crippen LogP contribution < -0.4 is 14.8 Å². The summed E-state index contributed by atoms with van der Waals surface area (Å²) in [5, 5.41) is 4.42. The highest BCUT2D eigenvalue weighted by molar-refractivity contribution is 7.96. The number of rotatable bonds is 8. The molecule has 1 heterocycles. The van der Waals surface area contributed by atoms with E-state index in [0.717, 1.165) is 49.6 Å². The lowest BCUT2D eigenvalue weighted by atomic mass is 9.82. The van der Waals surface area contributed by atoms with E-state index < -0.39 is 0 Å². The lowest BCUT2D eigenvalue weighted by Crippen LogP contribution is -2.52. The van der Waals surface area contributed by atoms with Crippen LogP contribution in [-0.2, 0) is 4.74 Å². The van der Waals surface area contributed by atoms with Gasteiger partial charge in [0, 0.05) is 17.1 Å². The monoisotopic (exact) mass is 412 g/mol. The molecule has 6 heteroatoms. The summed E-state index contributed by atoms with van der Waals surface area (Å²) in [5.41, 5.74) is 1.26. The van der Waals surface area contributed by atoms with Gasteiger partial charge in [-0.25, -0.2) is 0 Å². The van der Waals surface area contributed by atoms with Crippen LogP contribution in [0.4, 0.5) is 0 Å². The molecule has 4 nitrogen and oxygen atoms in total. The molecule has 2 N–H and O–H groups in total. The normalized spacial score (nSPS) is 28.9. The molecular formula is C21H33ClN2O2S. The largest absolute Gasteiger partial charge is 0.494 e. The van der Waals surface area contributed by atoms with Gasteiger partial charge in [0.05, 0.1) is 19.3 Å². The second-order valence-electron chi connectivity index (χ2n) is 7.55. The maximum Gasteiger partial charge on any atom is 0.122 e. The Labute approximate surface area is 173 Å². The highest BCUT2D eigenvalue weighted by Crippen LogP contribution is 2.39. The van der Waals surface area contributed by atoms with Gasteiger partial charge < -0.3 is 14.8 Å². The van der Waals surface area contributed by atoms with Crippen LogP contribution in [0.3, 0.4) is 0 Å². The van der Waals surface area contributed by atoms with E-state index in [9.17, 15) is 0 Å². The number of piperidine rings is 1. The van der Waals surface area contributed by atoms with Gasteiger partial charge in [-0.1, -0.05) is 23.5 Å². The molecule has 1 saturated carbocycles. The van der Waals surface area contributed by atoms with Crippen LogP contribution in [0.2, 0.25) is 5.02 Å². The number of hydrogen-bond acceptors (Lipinski definition) is 5. The molecule has 2 unspecified atom stereocenters. The van der Waals surface area contributed by atoms with Crippen molar-refractivity contribution in [1.82, 2.24) is 10.0 Å². The minimum Gasteiger partial charge on any atom is -0.494 e. The molecule has 0 radical (unpaired) electrons. The molecule has 1 aliphatic heterocycles. The molecule has 152 valence electrons. The van der Waals surface area contributed by atoms with Crippen LogP contribution >= 0.6 is 23.5 Å². The van der Waals surface area contributed by atoms with Gasteiger partial charge in [0.1, 0.15) is 5.75 Å². The molecule has 1 aromatic carbocycles. The summed E-state index contributed by atoms with van der Waals surface area (Å²) in [7, 11) is 0. The van der Waals surface area contributed by atoms with Crippen LogP contribution in [0.25, 0.3) is 0 Å². The first-order valence-corrected chi connectivity index (χ1v) is 11.9. The van der Waals surface area contributed by atoms with E-state index in [-0.39, 0.29) is 0 Å². The third-order valence-electron chi connectivity index (χ3n) is 5.75. The summed E-state index contributed by atoms with van der Waals surface area (Å²) >= 11 is 7.95. The van der Waals surface area contributed by atoms with Crippen LogP contribution in [-0.4, -0.2) is 44.2 Å². The standard InChI is InChI=1S/C21H33ClN2O2S/c1-3-25-21-11-8-16(22)13-18(21)15-6-9-17(10-7-15)26-14-20-19(24-27-2)5-4-12-23-20/h8,11,13,15,17,19-20,23-24H,3-7,9-10,12,14H2,1-2H3. The summed E-state index contributed by atoms with van der Waals surface area (Å²) in [5.74, 6) is 1.51. The topological polar surface area (TPSA) is 42.5 Å². The summed E-state index contributed by atoms with van der Waals surface area (Å²) in [6.07, 6.45) is 9.41. The van der Waals surface area contributed by atoms with E-state index in [2.05, 4.69) is 22.4 Å². The van der Waals surface area contributed by atoms with Gasteiger partial charge in [-0.3, -0.25) is 4.72 Å². The maximum absolute atomic E-state index is 6.32. The van der Waals surface area contributed by atoms with Crippen LogP contribution in [0, 0.1) is 0 Å². The van der Waals surface area contributed by atoms with Crippen LogP contribution in [0.15, 0.2) is 18.2 Å². The van der Waals surface area contributed by atoms with E-state index >= 15 is 0 Å². The molecule has 0 aromatic heterocycles. The van der Waals surface area contributed by atoms with Crippen molar-refractivity contribution in [3.8, 4) is 5.75 Å². The van der Waals surface area contributed by atoms with Gasteiger partial charge in [0.25, 0.3) is 0 Å². The molecule has 0 bridgehead atoms. The lowest BCUT2D eigenvalue weighted by Gasteiger charge is -2.35. The van der Waals surface area contributed by atoms with Crippen LogP contribution in [0.1, 0.15) is 56.9 Å². The number of nitrogens with one attached hydrogen (secondary N) is 2. The first-order valence-electron chi connectivity index (χ1n) is 10.3. The van der Waals surface area contributed by atoms with E-state index in [1.54, 1.807) is 11.9 Å². The molecule has 0 amide bonds. The number of benzene rings is 1. The summed E-state index contributed by atoms with van der Waals surface area (Å²) in [6, 6.07) is 6.94. The quantitative estimate of drug-likeness (QED) is 0.602. The SMILES string of the molecule is CCOc1ccc(Cl)cc1C1CCC(OCC2NCCCC2NSC)CC1. The Hall–Kier alpha value is -0.460. The molecule has 2 aliphatic rings. The Bertz CT molecular complexity index is 579. The van der Waals surface area contributed by atoms with Gasteiger partial charge in [0.15, 0.2) is 0 Å². The first kappa shape index (κ1) is 21.3. The van der Waals surface area contributed by atoms with Crippen molar-refractivity contribution in [3.05, 3.63) is 28.8 Å². The first-order chi connectivity index (χ1) is 13.2. The van der Waals surface area contributed by atoms with Crippen molar-refractivity contribution < 1.29 is 9.47 Å². The molecule has 2 atom stereocenters. The van der Waals surface area contributed by atoms with Crippen molar-refractivity contribution in [3.63, 3.8) is 0 Å². The van der Waals surface area contributed by atoms with Gasteiger partial charge in [0.2, 0.25) is 0 Å². The van der Waals surface area contributed by atoms with Crippen molar-refractivity contribution in [1.29, 1.82) is 0 Å². The maximum atomic E-state index is 6.32. The minimum absolute atomic E-state index is 0.370. The summed E-state index contributed by atoms with van der Waals surface area (Å²) in [4.78, 5) is 0. The van der Waals surface area contributed by atoms with Crippen LogP contribution in [0.5, 0.6) is 5.75 Å². The average molecular weight is 413 g/mol. The Morgan fingerprint density at radius 3 is 2.78 bits per heavy atom. The molecule has 2 fully saturated rings. The lowest BCUT2D eigenvalue weighted by molar-refractivity contribution is 0.00525. The Balaban J connectivity index is 1.50. The Kier molecular flexibility index (Phi) is 8.59. The summed E-state index contributed by atoms with van der Waals surface area (Å²) in [6.45, 7) is 4.62. The summed E-state index contributed by atoms with van der Waals surface area (Å²) < 4.78 is 15.7. The number of hydrogen-bond donors (Lipinski definition) is 2. The van der Waals surface area contributed by atoms with E-state index in [1.807, 2.05) is 19.1 Å². The fourth-order valence-electron chi connectivity index (χ4n) is 4.33. The second-order valence-corrected chi connectivity index (χ2v) is 8.63. The molecule has 1 aliphatic carbocycles. The number of ether oxygens (including phenoxy) is 2. The fraction of sp³-hybridized carbons (Fsp3) is 0.714. The average Bonchev–Trinajstić information content (AvgIpc) is 2.69. The second kappa shape index (κ2) is 10.9. The number of halogens is 1. The van der Waals surface area contributed by atoms with Gasteiger partial charge in [-0.2, -0.15) is 0 Å². The predicted molar refractivity (Wildman–Crippen MR) is 115 cm³/mol. The smallest absolute Gasteiger partial charge is 0.122 e. The van der Waals surface area contributed by atoms with Gasteiger partial charge >= 0.3 is 0 Å². The third-order valence-corrected chi connectivity index (χ3v) is 6.52. The zero-order valence-corrected chi connectivity index (χ0v) is 18.1. The zero-order valence-electron chi connectivity index (χ0n) is 16.5. The Morgan fingerprint density at radius 2 is 2.04 bits per heavy atom. The van der Waals surface area contributed by atoms with Gasteiger partial charge in [-0.15, -0.1) is 0 Å². The Morgan fingerprint density at radius 1 is 1.22 bits per heavy atom. The molecular weight excluding hydrogens is 380 g/mol. The molecule has 3 rings (SSSR count). The zero-order chi connectivity index (χ0) is 19.1. The molecule has 27 heavy (non-hydrogen) atoms. The van der Waals surface area contributed by atoms with E-state index in [1.165, 1.54) is 18.4 Å². The van der Waals surface area contributed by atoms with E-state index in [4.69, 9.17) is 21.1 Å². The van der Waals surface area contributed by atoms with Crippen molar-refractivity contribution in [2.24, 2.45) is 0 Å².